The molecule has 190 valence electrons. The summed E-state index contributed by atoms with van der Waals surface area (Å²) in [4.78, 5) is 29.0. The van der Waals surface area contributed by atoms with E-state index in [-0.39, 0.29) is 18.7 Å². The molecule has 3 rings (SSSR count). The highest BCUT2D eigenvalue weighted by atomic mass is 19.4. The molecule has 0 saturated carbocycles. The second kappa shape index (κ2) is 9.54. The summed E-state index contributed by atoms with van der Waals surface area (Å²) in [7, 11) is 0. The maximum absolute atomic E-state index is 14.3. The lowest BCUT2D eigenvalue weighted by atomic mass is 10.0. The van der Waals surface area contributed by atoms with Gasteiger partial charge in [0, 0.05) is 13.1 Å². The topological polar surface area (TPSA) is 83.6 Å². The van der Waals surface area contributed by atoms with Crippen molar-refractivity contribution in [2.75, 3.05) is 13.1 Å². The molecule has 1 aliphatic heterocycles. The van der Waals surface area contributed by atoms with Crippen molar-refractivity contribution in [3.05, 3.63) is 58.9 Å². The van der Waals surface area contributed by atoms with Gasteiger partial charge in [-0.25, -0.2) is 18.6 Å². The Balaban J connectivity index is 2.04. The smallest absolute Gasteiger partial charge is 0.403 e. The van der Waals surface area contributed by atoms with E-state index in [0.29, 0.717) is 18.2 Å². The summed E-state index contributed by atoms with van der Waals surface area (Å²) < 4.78 is 109. The molecular weight excluding hydrogens is 496 g/mol. The SMILES string of the molecule is C[C@@H]1C(=O)NCCN1C(=O)N[C@H](c1ccc(OC(F)(F)F)c(F)c1)c1ccc(F)c(C(F)(F)F)n1. The number of carbonyl (C=O) groups excluding carboxylic acids is 2. The van der Waals surface area contributed by atoms with Gasteiger partial charge in [-0.1, -0.05) is 6.07 Å². The fourth-order valence-electron chi connectivity index (χ4n) is 3.32. The Kier molecular flexibility index (Phi) is 7.08. The Hall–Kier alpha value is -3.65. The minimum atomic E-state index is -5.22. The number of piperazine rings is 1. The van der Waals surface area contributed by atoms with Gasteiger partial charge in [-0.2, -0.15) is 13.2 Å². The van der Waals surface area contributed by atoms with E-state index in [1.54, 1.807) is 0 Å². The molecule has 0 aliphatic carbocycles. The zero-order chi connectivity index (χ0) is 26.1. The minimum absolute atomic E-state index is 0.0167. The summed E-state index contributed by atoms with van der Waals surface area (Å²) >= 11 is 0. The lowest BCUT2D eigenvalue weighted by molar-refractivity contribution is -0.275. The van der Waals surface area contributed by atoms with Gasteiger partial charge in [0.2, 0.25) is 5.91 Å². The first-order valence-electron chi connectivity index (χ1n) is 9.81. The summed E-state index contributed by atoms with van der Waals surface area (Å²) in [5.74, 6) is -4.99. The zero-order valence-corrected chi connectivity index (χ0v) is 17.6. The fourth-order valence-corrected chi connectivity index (χ4v) is 3.32. The number of amides is 3. The fraction of sp³-hybridized carbons (Fsp3) is 0.350. The Bertz CT molecular complexity index is 1120. The van der Waals surface area contributed by atoms with Crippen LogP contribution in [0.3, 0.4) is 0 Å². The second-order valence-corrected chi connectivity index (χ2v) is 7.34. The molecule has 1 fully saturated rings. The molecule has 1 saturated heterocycles. The number of aromatic nitrogens is 1. The summed E-state index contributed by atoms with van der Waals surface area (Å²) in [6.45, 7) is 1.47. The third-order valence-corrected chi connectivity index (χ3v) is 4.97. The molecule has 0 spiro atoms. The maximum atomic E-state index is 14.3. The first-order chi connectivity index (χ1) is 16.2. The summed E-state index contributed by atoms with van der Waals surface area (Å²) in [6.07, 6.45) is -10.4. The molecular formula is C20H16F8N4O3. The van der Waals surface area contributed by atoms with Crippen molar-refractivity contribution >= 4 is 11.9 Å². The number of halogens is 8. The van der Waals surface area contributed by atoms with Crippen molar-refractivity contribution in [1.82, 2.24) is 20.5 Å². The van der Waals surface area contributed by atoms with E-state index in [2.05, 4.69) is 20.4 Å². The molecule has 15 heteroatoms. The van der Waals surface area contributed by atoms with Crippen LogP contribution in [-0.2, 0) is 11.0 Å². The number of rotatable bonds is 4. The Morgan fingerprint density at radius 3 is 2.43 bits per heavy atom. The molecule has 1 aromatic heterocycles. The van der Waals surface area contributed by atoms with Crippen LogP contribution in [0.2, 0.25) is 0 Å². The van der Waals surface area contributed by atoms with Gasteiger partial charge in [0.15, 0.2) is 23.1 Å². The monoisotopic (exact) mass is 512 g/mol. The lowest BCUT2D eigenvalue weighted by Gasteiger charge is -2.34. The molecule has 0 unspecified atom stereocenters. The van der Waals surface area contributed by atoms with Gasteiger partial charge in [0.05, 0.1) is 11.7 Å². The van der Waals surface area contributed by atoms with Crippen LogP contribution in [0.5, 0.6) is 5.75 Å². The number of nitrogens with one attached hydrogen (secondary N) is 2. The van der Waals surface area contributed by atoms with Gasteiger partial charge in [-0.3, -0.25) is 4.79 Å². The maximum Gasteiger partial charge on any atom is 0.573 e. The van der Waals surface area contributed by atoms with E-state index in [4.69, 9.17) is 0 Å². The molecule has 2 N–H and O–H groups in total. The number of carbonyl (C=O) groups is 2. The summed E-state index contributed by atoms with van der Waals surface area (Å²) in [6, 6.07) is -0.475. The average Bonchev–Trinajstić information content (AvgIpc) is 2.74. The molecule has 7 nitrogen and oxygen atoms in total. The van der Waals surface area contributed by atoms with E-state index in [1.807, 2.05) is 0 Å². The van der Waals surface area contributed by atoms with E-state index >= 15 is 0 Å². The minimum Gasteiger partial charge on any atom is -0.403 e. The van der Waals surface area contributed by atoms with Gasteiger partial charge in [-0.15, -0.1) is 13.2 Å². The van der Waals surface area contributed by atoms with E-state index in [0.717, 1.165) is 17.0 Å². The van der Waals surface area contributed by atoms with Gasteiger partial charge in [0.25, 0.3) is 0 Å². The van der Waals surface area contributed by atoms with Crippen LogP contribution in [0.1, 0.15) is 29.9 Å². The van der Waals surface area contributed by atoms with Crippen LogP contribution in [0.15, 0.2) is 30.3 Å². The normalized spacial score (nSPS) is 17.6. The van der Waals surface area contributed by atoms with Gasteiger partial charge in [-0.05, 0) is 36.8 Å². The molecule has 0 radical (unpaired) electrons. The number of hydrogen-bond acceptors (Lipinski definition) is 4. The van der Waals surface area contributed by atoms with Gasteiger partial charge < -0.3 is 20.3 Å². The number of urea groups is 1. The Labute approximate surface area is 192 Å². The third-order valence-electron chi connectivity index (χ3n) is 4.97. The first-order valence-corrected chi connectivity index (χ1v) is 9.81. The quantitative estimate of drug-likeness (QED) is 0.609. The van der Waals surface area contributed by atoms with Crippen molar-refractivity contribution in [2.45, 2.75) is 31.5 Å². The highest BCUT2D eigenvalue weighted by Crippen LogP contribution is 2.33. The number of benzene rings is 1. The number of hydrogen-bond donors (Lipinski definition) is 2. The van der Waals surface area contributed by atoms with Gasteiger partial charge in [0.1, 0.15) is 6.04 Å². The predicted octanol–water partition coefficient (Wildman–Crippen LogP) is 3.90. The van der Waals surface area contributed by atoms with E-state index < -0.39 is 65.3 Å². The van der Waals surface area contributed by atoms with Crippen LogP contribution < -0.4 is 15.4 Å². The van der Waals surface area contributed by atoms with E-state index in [1.165, 1.54) is 6.92 Å². The average molecular weight is 512 g/mol. The molecule has 1 aliphatic rings. The number of nitrogens with zero attached hydrogens (tertiary/aromatic N) is 2. The third kappa shape index (κ3) is 6.08. The highest BCUT2D eigenvalue weighted by Gasteiger charge is 2.38. The predicted molar refractivity (Wildman–Crippen MR) is 102 cm³/mol. The molecule has 0 bridgehead atoms. The number of ether oxygens (including phenoxy) is 1. The number of alkyl halides is 6. The highest BCUT2D eigenvalue weighted by molar-refractivity contribution is 5.88. The van der Waals surface area contributed by atoms with Gasteiger partial charge >= 0.3 is 18.6 Å². The largest absolute Gasteiger partial charge is 0.573 e. The Morgan fingerprint density at radius 1 is 1.14 bits per heavy atom. The lowest BCUT2D eigenvalue weighted by Crippen LogP contribution is -2.58. The second-order valence-electron chi connectivity index (χ2n) is 7.34. The molecule has 35 heavy (non-hydrogen) atoms. The van der Waals surface area contributed by atoms with Crippen molar-refractivity contribution in [3.63, 3.8) is 0 Å². The Morgan fingerprint density at radius 2 is 1.83 bits per heavy atom. The zero-order valence-electron chi connectivity index (χ0n) is 17.6. The standard InChI is InChI=1S/C20H16F8N4O3/c1-9-17(33)29-6-7-32(9)18(34)31-15(13-4-3-11(21)16(30-13)19(23,24)25)10-2-5-14(12(22)8-10)35-20(26,27)28/h2-5,8-9,15H,6-7H2,1H3,(H,29,33)(H,31,34)/t9-,15-/m1/s1. The molecule has 2 atom stereocenters. The summed E-state index contributed by atoms with van der Waals surface area (Å²) in [5, 5.41) is 4.79. The van der Waals surface area contributed by atoms with Crippen LogP contribution in [0.4, 0.5) is 39.9 Å². The molecule has 3 amide bonds. The van der Waals surface area contributed by atoms with Crippen LogP contribution in [0.25, 0.3) is 0 Å². The molecule has 2 aromatic rings. The van der Waals surface area contributed by atoms with Crippen LogP contribution in [0, 0.1) is 11.6 Å². The first kappa shape index (κ1) is 26.0. The van der Waals surface area contributed by atoms with Crippen molar-refractivity contribution in [2.24, 2.45) is 0 Å². The molecule has 1 aromatic carbocycles. The van der Waals surface area contributed by atoms with E-state index in [9.17, 15) is 44.7 Å². The van der Waals surface area contributed by atoms with Crippen molar-refractivity contribution in [1.29, 1.82) is 0 Å². The van der Waals surface area contributed by atoms with Crippen molar-refractivity contribution in [3.8, 4) is 5.75 Å². The number of pyridine rings is 1. The van der Waals surface area contributed by atoms with Crippen molar-refractivity contribution < 1.29 is 49.4 Å². The molecule has 2 heterocycles. The van der Waals surface area contributed by atoms with Crippen LogP contribution in [-0.4, -0.2) is 47.3 Å². The summed E-state index contributed by atoms with van der Waals surface area (Å²) in [5.41, 5.74) is -2.84. The van der Waals surface area contributed by atoms with Crippen LogP contribution >= 0.6 is 0 Å².